The van der Waals surface area contributed by atoms with Gasteiger partial charge in [-0.1, -0.05) is 43.1 Å². The highest BCUT2D eigenvalue weighted by atomic mass is 35.5. The lowest BCUT2D eigenvalue weighted by atomic mass is 9.81. The van der Waals surface area contributed by atoms with E-state index in [9.17, 15) is 22.4 Å². The van der Waals surface area contributed by atoms with E-state index in [-0.39, 0.29) is 28.6 Å². The zero-order valence-corrected chi connectivity index (χ0v) is 29.9. The number of methoxy groups -OCH3 is 1. The molecule has 0 saturated carbocycles. The van der Waals surface area contributed by atoms with E-state index in [1.807, 2.05) is 16.7 Å². The standard InChI is InChI=1S/C34H38Cl2F2N3O2.C2HF3O2/c1-34(2,23-9-15-27(35)31(20-23)43-6)32-21-39-33(40(32)25-12-10-24(37)11-13-25)16-14-26-28(36)18-22(19-29(26)38)30(42)8-7-17-41(3,4)5;3-2(4,5)1(6)7/h9-13,15,18-21H,7-8,14,16-17H2,1-6H3;(H,6,7)/q+1;/p-1. The van der Waals surface area contributed by atoms with Crippen LogP contribution in [0.15, 0.2) is 60.8 Å². The van der Waals surface area contributed by atoms with Crippen LogP contribution in [-0.2, 0) is 23.1 Å². The molecule has 4 aromatic rings. The van der Waals surface area contributed by atoms with Crippen LogP contribution < -0.4 is 9.84 Å². The maximum Gasteiger partial charge on any atom is 0.430 e. The molecule has 0 saturated heterocycles. The zero-order chi connectivity index (χ0) is 37.6. The number of aromatic nitrogens is 2. The van der Waals surface area contributed by atoms with Gasteiger partial charge >= 0.3 is 6.18 Å². The fourth-order valence-electron chi connectivity index (χ4n) is 5.18. The molecule has 270 valence electrons. The largest absolute Gasteiger partial charge is 0.542 e. The Morgan fingerprint density at radius 3 is 2.10 bits per heavy atom. The van der Waals surface area contributed by atoms with Crippen molar-refractivity contribution in [1.82, 2.24) is 9.55 Å². The summed E-state index contributed by atoms with van der Waals surface area (Å²) >= 11 is 12.8. The highest BCUT2D eigenvalue weighted by Crippen LogP contribution is 2.38. The van der Waals surface area contributed by atoms with E-state index >= 15 is 4.39 Å². The van der Waals surface area contributed by atoms with Crippen LogP contribution in [0.25, 0.3) is 5.69 Å². The van der Waals surface area contributed by atoms with Crippen molar-refractivity contribution < 1.29 is 45.9 Å². The number of hydrogen-bond donors (Lipinski definition) is 0. The van der Waals surface area contributed by atoms with E-state index in [4.69, 9.17) is 42.8 Å². The van der Waals surface area contributed by atoms with Crippen LogP contribution in [-0.4, -0.2) is 66.8 Å². The van der Waals surface area contributed by atoms with Gasteiger partial charge in [0.05, 0.1) is 45.5 Å². The molecule has 0 radical (unpaired) electrons. The van der Waals surface area contributed by atoms with Crippen LogP contribution in [0.4, 0.5) is 22.0 Å². The fourth-order valence-corrected chi connectivity index (χ4v) is 5.68. The first-order chi connectivity index (χ1) is 23.1. The highest BCUT2D eigenvalue weighted by Gasteiger charge is 2.31. The van der Waals surface area contributed by atoms with Crippen molar-refractivity contribution in [3.63, 3.8) is 0 Å². The first-order valence-corrected chi connectivity index (χ1v) is 16.2. The van der Waals surface area contributed by atoms with Crippen molar-refractivity contribution in [2.45, 2.75) is 51.1 Å². The lowest BCUT2D eigenvalue weighted by Crippen LogP contribution is -2.37. The number of ketones is 1. The molecular formula is C36H38Cl2F5N3O4. The average molecular weight is 743 g/mol. The maximum atomic E-state index is 15.3. The lowest BCUT2D eigenvalue weighted by Gasteiger charge is -2.28. The lowest BCUT2D eigenvalue weighted by molar-refractivity contribution is -0.870. The van der Waals surface area contributed by atoms with Crippen LogP contribution in [0.3, 0.4) is 0 Å². The van der Waals surface area contributed by atoms with Gasteiger partial charge in [0.2, 0.25) is 0 Å². The molecule has 0 aliphatic rings. The molecule has 1 heterocycles. The predicted octanol–water partition coefficient (Wildman–Crippen LogP) is 7.54. The first-order valence-electron chi connectivity index (χ1n) is 15.4. The second-order valence-corrected chi connectivity index (χ2v) is 13.9. The molecular weight excluding hydrogens is 704 g/mol. The number of carboxylic acids is 1. The number of quaternary nitrogens is 1. The summed E-state index contributed by atoms with van der Waals surface area (Å²) in [5, 5.41) is 9.50. The quantitative estimate of drug-likeness (QED) is 0.0851. The third-order valence-corrected chi connectivity index (χ3v) is 8.61. The number of hydrogen-bond acceptors (Lipinski definition) is 5. The van der Waals surface area contributed by atoms with E-state index in [1.54, 1.807) is 37.6 Å². The van der Waals surface area contributed by atoms with Gasteiger partial charge in [0.1, 0.15) is 29.2 Å². The normalized spacial score (nSPS) is 11.9. The molecule has 0 atom stereocenters. The summed E-state index contributed by atoms with van der Waals surface area (Å²) in [6.07, 6.45) is -1.76. The molecule has 0 N–H and O–H groups in total. The molecule has 7 nitrogen and oxygen atoms in total. The molecule has 50 heavy (non-hydrogen) atoms. The number of carbonyl (C=O) groups excluding carboxylic acids is 2. The van der Waals surface area contributed by atoms with Crippen molar-refractivity contribution in [2.75, 3.05) is 34.8 Å². The van der Waals surface area contributed by atoms with Crippen molar-refractivity contribution in [1.29, 1.82) is 0 Å². The minimum atomic E-state index is -5.19. The minimum absolute atomic E-state index is 0.127. The number of rotatable bonds is 12. The number of halogens is 7. The Labute approximate surface area is 297 Å². The molecule has 0 aliphatic heterocycles. The van der Waals surface area contributed by atoms with Gasteiger partial charge in [-0.2, -0.15) is 13.2 Å². The van der Waals surface area contributed by atoms with Crippen LogP contribution in [0.5, 0.6) is 5.75 Å². The molecule has 3 aromatic carbocycles. The van der Waals surface area contributed by atoms with Crippen molar-refractivity contribution in [3.8, 4) is 11.4 Å². The average Bonchev–Trinajstić information content (AvgIpc) is 3.45. The Morgan fingerprint density at radius 1 is 0.940 bits per heavy atom. The molecule has 0 spiro atoms. The Morgan fingerprint density at radius 2 is 1.56 bits per heavy atom. The topological polar surface area (TPSA) is 84.2 Å². The third kappa shape index (κ3) is 10.5. The summed E-state index contributed by atoms with van der Waals surface area (Å²) in [7, 11) is 7.76. The Balaban J connectivity index is 0.000000872. The van der Waals surface area contributed by atoms with E-state index in [1.165, 1.54) is 18.2 Å². The minimum Gasteiger partial charge on any atom is -0.542 e. The van der Waals surface area contributed by atoms with E-state index < -0.39 is 23.4 Å². The summed E-state index contributed by atoms with van der Waals surface area (Å²) < 4.78 is 68.9. The van der Waals surface area contributed by atoms with E-state index in [0.29, 0.717) is 41.4 Å². The molecule has 4 rings (SSSR count). The molecule has 0 fully saturated rings. The summed E-state index contributed by atoms with van der Waals surface area (Å²) in [6.45, 7) is 4.96. The van der Waals surface area contributed by atoms with Crippen molar-refractivity contribution in [3.05, 3.63) is 111 Å². The summed E-state index contributed by atoms with van der Waals surface area (Å²) in [5.41, 5.74) is 2.55. The number of imidazole rings is 1. The van der Waals surface area contributed by atoms with Gasteiger partial charge in [-0.15, -0.1) is 0 Å². The van der Waals surface area contributed by atoms with Gasteiger partial charge in [-0.25, -0.2) is 13.8 Å². The Bertz CT molecular complexity index is 1790. The summed E-state index contributed by atoms with van der Waals surface area (Å²) in [5.74, 6) is -2.79. The fraction of sp³-hybridized carbons (Fsp3) is 0.361. The van der Waals surface area contributed by atoms with Crippen molar-refractivity contribution >= 4 is 35.0 Å². The van der Waals surface area contributed by atoms with Crippen LogP contribution >= 0.6 is 23.2 Å². The molecule has 14 heteroatoms. The smallest absolute Gasteiger partial charge is 0.430 e. The Kier molecular flexibility index (Phi) is 13.2. The van der Waals surface area contributed by atoms with Gasteiger partial charge in [0.25, 0.3) is 0 Å². The third-order valence-electron chi connectivity index (χ3n) is 7.96. The second-order valence-electron chi connectivity index (χ2n) is 13.1. The molecule has 0 bridgehead atoms. The van der Waals surface area contributed by atoms with Crippen molar-refractivity contribution in [2.24, 2.45) is 0 Å². The van der Waals surface area contributed by atoms with Gasteiger partial charge < -0.3 is 19.1 Å². The number of ether oxygens (including phenoxy) is 1. The monoisotopic (exact) mass is 741 g/mol. The van der Waals surface area contributed by atoms with Gasteiger partial charge in [0.15, 0.2) is 5.78 Å². The zero-order valence-electron chi connectivity index (χ0n) is 28.4. The number of carbonyl (C=O) groups is 2. The number of benzene rings is 3. The van der Waals surface area contributed by atoms with Gasteiger partial charge in [-0.3, -0.25) is 9.36 Å². The van der Waals surface area contributed by atoms with E-state index in [2.05, 4.69) is 35.0 Å². The molecule has 1 aromatic heterocycles. The van der Waals surface area contributed by atoms with Crippen LogP contribution in [0, 0.1) is 11.6 Å². The SMILES string of the molecule is COc1cc(C(C)(C)c2cnc(CCc3c(F)cc(C(=O)CCC[N+](C)(C)C)cc3Cl)n2-c2ccc(F)cc2)ccc1Cl.O=C([O-])C(F)(F)F. The second kappa shape index (κ2) is 16.3. The van der Waals surface area contributed by atoms with E-state index in [0.717, 1.165) is 28.0 Å². The molecule has 0 unspecified atom stereocenters. The highest BCUT2D eigenvalue weighted by molar-refractivity contribution is 6.32. The van der Waals surface area contributed by atoms with Crippen LogP contribution in [0.1, 0.15) is 59.7 Å². The maximum absolute atomic E-state index is 15.3. The number of aryl methyl sites for hydroxylation is 1. The number of alkyl halides is 3. The first kappa shape index (κ1) is 40.4. The Hall–Kier alpha value is -4.00. The predicted molar refractivity (Wildman–Crippen MR) is 180 cm³/mol. The summed E-state index contributed by atoms with van der Waals surface area (Å²) in [4.78, 5) is 26.3. The number of aliphatic carboxylic acids is 1. The van der Waals surface area contributed by atoms with Gasteiger partial charge in [-0.05, 0) is 60.5 Å². The molecule has 0 aliphatic carbocycles. The summed E-state index contributed by atoms with van der Waals surface area (Å²) in [6, 6.07) is 14.6. The van der Waals surface area contributed by atoms with Crippen LogP contribution in [0.2, 0.25) is 10.0 Å². The van der Waals surface area contributed by atoms with Gasteiger partial charge in [0, 0.05) is 52.7 Å². The molecule has 0 amide bonds. The number of Topliss-reactive ketones (excluding diaryl/α,β-unsaturated/α-hetero) is 1. The number of nitrogens with zero attached hydrogens (tertiary/aromatic N) is 3. The number of carboxylic acid groups (broad SMARTS) is 1.